The Morgan fingerprint density at radius 2 is 1.57 bits per heavy atom. The number of benzene rings is 2. The number of aryl methyl sites for hydroxylation is 2. The molecule has 2 unspecified atom stereocenters. The molecule has 2 atom stereocenters. The summed E-state index contributed by atoms with van der Waals surface area (Å²) >= 11 is 0. The summed E-state index contributed by atoms with van der Waals surface area (Å²) in [5.41, 5.74) is 7.41. The average Bonchev–Trinajstić information content (AvgIpc) is 3.30. The topological polar surface area (TPSA) is 0 Å². The van der Waals surface area contributed by atoms with Crippen LogP contribution in [0.25, 0.3) is 6.08 Å². The van der Waals surface area contributed by atoms with Crippen molar-refractivity contribution < 1.29 is 51.0 Å². The van der Waals surface area contributed by atoms with Crippen LogP contribution in [0.3, 0.4) is 0 Å². The number of rotatable bonds is 5. The normalized spacial score (nSPS) is 17.4. The second-order valence-electron chi connectivity index (χ2n) is 7.29. The molecule has 0 heterocycles. The van der Waals surface area contributed by atoms with E-state index in [-0.39, 0.29) is 51.0 Å². The standard InChI is InChI=1S/C25H26.2ClH.Zr/c1-3-9-19-15-14-18(2)22-16-17-23(25(19)22)24(21-12-7-8-13-21)20-10-5-4-6-11-20;;;/h4-8,10-17,21,23-24H,3,9H2,1-2H3;2*1H;/q;;;+2/p-2. The van der Waals surface area contributed by atoms with Gasteiger partial charge in [0.15, 0.2) is 0 Å². The van der Waals surface area contributed by atoms with Crippen molar-refractivity contribution in [1.82, 2.24) is 0 Å². The molecule has 0 aliphatic heterocycles. The molecule has 0 bridgehead atoms. The second kappa shape index (κ2) is 11.3. The SMILES string of the molecule is CCCc1ccc(C)c2c1C(C(c1ccccc1)C1C=CC=C1)C=C2.[Cl-].[Cl-].[Zr+2]. The van der Waals surface area contributed by atoms with Crippen molar-refractivity contribution in [2.75, 3.05) is 0 Å². The van der Waals surface area contributed by atoms with Crippen molar-refractivity contribution in [2.24, 2.45) is 5.92 Å². The van der Waals surface area contributed by atoms with Crippen LogP contribution in [-0.2, 0) is 32.6 Å². The summed E-state index contributed by atoms with van der Waals surface area (Å²) in [6.07, 6.45) is 16.3. The predicted octanol–water partition coefficient (Wildman–Crippen LogP) is 0.589. The van der Waals surface area contributed by atoms with Crippen LogP contribution in [0.1, 0.15) is 53.0 Å². The first kappa shape index (κ1) is 25.2. The van der Waals surface area contributed by atoms with Crippen molar-refractivity contribution in [3.63, 3.8) is 0 Å². The summed E-state index contributed by atoms with van der Waals surface area (Å²) in [6, 6.07) is 15.7. The molecule has 0 amide bonds. The van der Waals surface area contributed by atoms with Gasteiger partial charge in [0.2, 0.25) is 0 Å². The Morgan fingerprint density at radius 3 is 2.21 bits per heavy atom. The quantitative estimate of drug-likeness (QED) is 0.578. The summed E-state index contributed by atoms with van der Waals surface area (Å²) in [4.78, 5) is 0. The third kappa shape index (κ3) is 4.81. The maximum atomic E-state index is 2.45. The average molecular weight is 489 g/mol. The summed E-state index contributed by atoms with van der Waals surface area (Å²) in [5, 5.41) is 0. The van der Waals surface area contributed by atoms with E-state index in [4.69, 9.17) is 0 Å². The molecular weight excluding hydrogens is 462 g/mol. The minimum absolute atomic E-state index is 0. The van der Waals surface area contributed by atoms with Crippen LogP contribution < -0.4 is 24.8 Å². The summed E-state index contributed by atoms with van der Waals surface area (Å²) < 4.78 is 0. The molecule has 2 aliphatic rings. The van der Waals surface area contributed by atoms with Crippen molar-refractivity contribution in [1.29, 1.82) is 0 Å². The molecule has 0 saturated heterocycles. The number of halogens is 2. The molecule has 144 valence electrons. The van der Waals surface area contributed by atoms with E-state index in [1.54, 1.807) is 5.56 Å². The molecule has 0 fully saturated rings. The molecule has 0 radical (unpaired) electrons. The molecule has 4 rings (SSSR count). The van der Waals surface area contributed by atoms with Gasteiger partial charge in [0.1, 0.15) is 0 Å². The Morgan fingerprint density at radius 1 is 0.893 bits per heavy atom. The van der Waals surface area contributed by atoms with Crippen molar-refractivity contribution in [3.8, 4) is 0 Å². The van der Waals surface area contributed by atoms with E-state index in [9.17, 15) is 0 Å². The van der Waals surface area contributed by atoms with Crippen molar-refractivity contribution in [2.45, 2.75) is 38.5 Å². The zero-order chi connectivity index (χ0) is 17.2. The van der Waals surface area contributed by atoms with E-state index in [1.807, 2.05) is 0 Å². The maximum Gasteiger partial charge on any atom is 2.00 e. The summed E-state index contributed by atoms with van der Waals surface area (Å²) in [7, 11) is 0. The van der Waals surface area contributed by atoms with Crippen LogP contribution in [0, 0.1) is 12.8 Å². The van der Waals surface area contributed by atoms with Gasteiger partial charge in [-0.25, -0.2) is 0 Å². The number of fused-ring (bicyclic) bond motifs is 1. The van der Waals surface area contributed by atoms with Crippen LogP contribution in [0.2, 0.25) is 0 Å². The Labute approximate surface area is 201 Å². The maximum absolute atomic E-state index is 2.45. The Bertz CT molecular complexity index is 840. The van der Waals surface area contributed by atoms with Gasteiger partial charge in [-0.1, -0.05) is 92.3 Å². The van der Waals surface area contributed by atoms with Gasteiger partial charge in [-0.2, -0.15) is 0 Å². The van der Waals surface area contributed by atoms with E-state index >= 15 is 0 Å². The molecule has 0 spiro atoms. The van der Waals surface area contributed by atoms with Gasteiger partial charge in [0.25, 0.3) is 0 Å². The minimum atomic E-state index is 0. The Balaban J connectivity index is 0.00000131. The van der Waals surface area contributed by atoms with E-state index < -0.39 is 0 Å². The van der Waals surface area contributed by atoms with E-state index in [0.29, 0.717) is 17.8 Å². The van der Waals surface area contributed by atoms with Crippen molar-refractivity contribution >= 4 is 6.08 Å². The third-order valence-corrected chi connectivity index (χ3v) is 5.68. The van der Waals surface area contributed by atoms with Crippen LogP contribution >= 0.6 is 0 Å². The fourth-order valence-electron chi connectivity index (χ4n) is 4.52. The molecule has 3 heteroatoms. The molecule has 2 aromatic carbocycles. The zero-order valence-electron chi connectivity index (χ0n) is 16.4. The molecule has 2 aromatic rings. The minimum Gasteiger partial charge on any atom is -1.00 e. The Kier molecular flexibility index (Phi) is 10.2. The van der Waals surface area contributed by atoms with Crippen LogP contribution in [0.4, 0.5) is 0 Å². The molecule has 0 nitrogen and oxygen atoms in total. The molecular formula is C25H26Cl2Zr. The van der Waals surface area contributed by atoms with Crippen LogP contribution in [-0.4, -0.2) is 0 Å². The van der Waals surface area contributed by atoms with Gasteiger partial charge in [0.05, 0.1) is 0 Å². The summed E-state index contributed by atoms with van der Waals surface area (Å²) in [5.74, 6) is 1.39. The number of allylic oxidation sites excluding steroid dienone is 5. The smallest absolute Gasteiger partial charge is 1.00 e. The zero-order valence-corrected chi connectivity index (χ0v) is 20.4. The first-order valence-electron chi connectivity index (χ1n) is 9.50. The molecule has 28 heavy (non-hydrogen) atoms. The van der Waals surface area contributed by atoms with Gasteiger partial charge in [0, 0.05) is 17.8 Å². The number of hydrogen-bond acceptors (Lipinski definition) is 0. The van der Waals surface area contributed by atoms with Gasteiger partial charge in [-0.05, 0) is 41.2 Å². The summed E-state index contributed by atoms with van der Waals surface area (Å²) in [6.45, 7) is 4.52. The second-order valence-corrected chi connectivity index (χ2v) is 7.29. The van der Waals surface area contributed by atoms with Crippen LogP contribution in [0.15, 0.2) is 72.8 Å². The fourth-order valence-corrected chi connectivity index (χ4v) is 4.52. The van der Waals surface area contributed by atoms with Gasteiger partial charge >= 0.3 is 26.2 Å². The first-order chi connectivity index (χ1) is 12.3. The first-order valence-corrected chi connectivity index (χ1v) is 9.50. The van der Waals surface area contributed by atoms with Crippen molar-refractivity contribution in [3.05, 3.63) is 101 Å². The van der Waals surface area contributed by atoms with Gasteiger partial charge < -0.3 is 24.8 Å². The van der Waals surface area contributed by atoms with Crippen LogP contribution in [0.5, 0.6) is 0 Å². The molecule has 0 N–H and O–H groups in total. The van der Waals surface area contributed by atoms with E-state index in [2.05, 4.69) is 92.8 Å². The van der Waals surface area contributed by atoms with Gasteiger partial charge in [-0.15, -0.1) is 0 Å². The molecule has 0 aromatic heterocycles. The molecule has 2 aliphatic carbocycles. The fraction of sp³-hybridized carbons (Fsp3) is 0.280. The van der Waals surface area contributed by atoms with Gasteiger partial charge in [-0.3, -0.25) is 0 Å². The van der Waals surface area contributed by atoms with E-state index in [1.165, 1.54) is 35.1 Å². The third-order valence-electron chi connectivity index (χ3n) is 5.68. The monoisotopic (exact) mass is 486 g/mol. The predicted molar refractivity (Wildman–Crippen MR) is 108 cm³/mol. The Hall–Kier alpha value is -0.877. The number of hydrogen-bond donors (Lipinski definition) is 0. The molecule has 0 saturated carbocycles. The van der Waals surface area contributed by atoms with E-state index in [0.717, 1.165) is 0 Å². The largest absolute Gasteiger partial charge is 2.00 e.